The minimum absolute atomic E-state index is 0.169. The first-order valence-electron chi connectivity index (χ1n) is 6.05. The molecule has 0 fully saturated rings. The van der Waals surface area contributed by atoms with Crippen LogP contribution in [0, 0.1) is 0 Å². The maximum atomic E-state index is 5.68. The number of hydrogen-bond donors (Lipinski definition) is 1. The van der Waals surface area contributed by atoms with Crippen LogP contribution in [0.15, 0.2) is 59.1 Å². The Hall–Kier alpha value is -2.27. The minimum atomic E-state index is 0.169. The summed E-state index contributed by atoms with van der Waals surface area (Å²) in [7, 11) is 0. The number of rotatable bonds is 2. The second-order valence-corrected chi connectivity index (χ2v) is 5.16. The number of nitrogen functional groups attached to an aromatic ring is 1. The molecule has 0 unspecified atom stereocenters. The molecule has 0 aliphatic heterocycles. The van der Waals surface area contributed by atoms with Gasteiger partial charge in [0.25, 0.3) is 0 Å². The molecule has 2 N–H and O–H groups in total. The summed E-state index contributed by atoms with van der Waals surface area (Å²) >= 11 is 3.46. The lowest BCUT2D eigenvalue weighted by Crippen LogP contribution is -2.02. The first-order chi connectivity index (χ1) is 9.74. The molecular formula is C15H11BrN4. The lowest BCUT2D eigenvalue weighted by Gasteiger charge is -2.08. The van der Waals surface area contributed by atoms with Gasteiger partial charge in [-0.25, -0.2) is 4.98 Å². The van der Waals surface area contributed by atoms with Crippen LogP contribution in [0.2, 0.25) is 0 Å². The van der Waals surface area contributed by atoms with Crippen molar-refractivity contribution in [1.82, 2.24) is 15.2 Å². The summed E-state index contributed by atoms with van der Waals surface area (Å²) in [5, 5.41) is 8.08. The maximum Gasteiger partial charge on any atom is 0.240 e. The van der Waals surface area contributed by atoms with E-state index in [1.807, 2.05) is 54.6 Å². The molecule has 0 aliphatic carbocycles. The molecule has 5 heteroatoms. The first-order valence-corrected chi connectivity index (χ1v) is 6.85. The van der Waals surface area contributed by atoms with E-state index in [0.29, 0.717) is 5.69 Å². The Morgan fingerprint density at radius 3 is 2.30 bits per heavy atom. The fourth-order valence-electron chi connectivity index (χ4n) is 1.97. The Kier molecular flexibility index (Phi) is 3.43. The molecule has 2 aromatic carbocycles. The van der Waals surface area contributed by atoms with E-state index in [1.54, 1.807) is 0 Å². The van der Waals surface area contributed by atoms with Crippen molar-refractivity contribution in [2.75, 3.05) is 5.73 Å². The molecule has 1 aromatic heterocycles. The average molecular weight is 327 g/mol. The van der Waals surface area contributed by atoms with Crippen LogP contribution in [0.5, 0.6) is 0 Å². The molecule has 0 saturated heterocycles. The molecule has 0 radical (unpaired) electrons. The van der Waals surface area contributed by atoms with Crippen LogP contribution in [0.1, 0.15) is 0 Å². The molecule has 0 atom stereocenters. The van der Waals surface area contributed by atoms with Crippen LogP contribution < -0.4 is 5.73 Å². The highest BCUT2D eigenvalue weighted by molar-refractivity contribution is 9.10. The van der Waals surface area contributed by atoms with Gasteiger partial charge in [-0.3, -0.25) is 0 Å². The summed E-state index contributed by atoms with van der Waals surface area (Å²) < 4.78 is 0.979. The van der Waals surface area contributed by atoms with Crippen LogP contribution in [0.3, 0.4) is 0 Å². The van der Waals surface area contributed by atoms with Crippen molar-refractivity contribution < 1.29 is 0 Å². The van der Waals surface area contributed by atoms with Crippen molar-refractivity contribution in [1.29, 1.82) is 0 Å². The van der Waals surface area contributed by atoms with E-state index in [1.165, 1.54) is 0 Å². The number of anilines is 1. The zero-order valence-electron chi connectivity index (χ0n) is 10.5. The van der Waals surface area contributed by atoms with Gasteiger partial charge in [0, 0.05) is 15.6 Å². The molecule has 0 saturated carbocycles. The summed E-state index contributed by atoms with van der Waals surface area (Å²) in [5.41, 5.74) is 9.03. The standard InChI is InChI=1S/C15H11BrN4/c16-12-8-4-7-11(9-12)14-13(18-15(17)20-19-14)10-5-2-1-3-6-10/h1-9H,(H2,17,18,20). The highest BCUT2D eigenvalue weighted by atomic mass is 79.9. The largest absolute Gasteiger partial charge is 0.366 e. The Morgan fingerprint density at radius 2 is 1.55 bits per heavy atom. The zero-order chi connectivity index (χ0) is 13.9. The zero-order valence-corrected chi connectivity index (χ0v) is 12.1. The van der Waals surface area contributed by atoms with E-state index in [-0.39, 0.29) is 5.95 Å². The van der Waals surface area contributed by atoms with E-state index in [4.69, 9.17) is 5.73 Å². The van der Waals surface area contributed by atoms with Gasteiger partial charge in [-0.05, 0) is 12.1 Å². The van der Waals surface area contributed by atoms with Gasteiger partial charge >= 0.3 is 0 Å². The van der Waals surface area contributed by atoms with Crippen molar-refractivity contribution in [3.05, 3.63) is 59.1 Å². The van der Waals surface area contributed by atoms with E-state index < -0.39 is 0 Å². The summed E-state index contributed by atoms with van der Waals surface area (Å²) in [5.74, 6) is 0.169. The third-order valence-corrected chi connectivity index (χ3v) is 3.34. The van der Waals surface area contributed by atoms with Crippen molar-refractivity contribution in [3.63, 3.8) is 0 Å². The third kappa shape index (κ3) is 2.53. The number of halogens is 1. The number of nitrogens with zero attached hydrogens (tertiary/aromatic N) is 3. The number of aromatic nitrogens is 3. The molecule has 0 aliphatic rings. The molecule has 1 heterocycles. The fourth-order valence-corrected chi connectivity index (χ4v) is 2.37. The monoisotopic (exact) mass is 326 g/mol. The molecule has 20 heavy (non-hydrogen) atoms. The summed E-state index contributed by atoms with van der Waals surface area (Å²) in [6.07, 6.45) is 0. The van der Waals surface area contributed by atoms with Crippen molar-refractivity contribution >= 4 is 21.9 Å². The van der Waals surface area contributed by atoms with Crippen LogP contribution in [-0.2, 0) is 0 Å². The second-order valence-electron chi connectivity index (χ2n) is 4.24. The van der Waals surface area contributed by atoms with Gasteiger partial charge in [0.2, 0.25) is 5.95 Å². The Morgan fingerprint density at radius 1 is 0.800 bits per heavy atom. The third-order valence-electron chi connectivity index (χ3n) is 2.85. The van der Waals surface area contributed by atoms with E-state index in [9.17, 15) is 0 Å². The van der Waals surface area contributed by atoms with Crippen LogP contribution in [0.4, 0.5) is 5.95 Å². The van der Waals surface area contributed by atoms with E-state index in [2.05, 4.69) is 31.1 Å². The van der Waals surface area contributed by atoms with Gasteiger partial charge in [0.15, 0.2) is 0 Å². The number of nitrogens with two attached hydrogens (primary N) is 1. The molecule has 4 nitrogen and oxygen atoms in total. The Bertz CT molecular complexity index is 744. The highest BCUT2D eigenvalue weighted by Gasteiger charge is 2.12. The fraction of sp³-hybridized carbons (Fsp3) is 0. The molecule has 0 bridgehead atoms. The van der Waals surface area contributed by atoms with E-state index in [0.717, 1.165) is 21.3 Å². The van der Waals surface area contributed by atoms with Gasteiger partial charge in [0.05, 0.1) is 0 Å². The second kappa shape index (κ2) is 5.38. The summed E-state index contributed by atoms with van der Waals surface area (Å²) in [6.45, 7) is 0. The Labute approximate surface area is 124 Å². The smallest absolute Gasteiger partial charge is 0.240 e. The lowest BCUT2D eigenvalue weighted by molar-refractivity contribution is 0.997. The highest BCUT2D eigenvalue weighted by Crippen LogP contribution is 2.29. The molecule has 3 aromatic rings. The van der Waals surface area contributed by atoms with Crippen molar-refractivity contribution in [3.8, 4) is 22.5 Å². The first kappa shape index (κ1) is 12.7. The maximum absolute atomic E-state index is 5.68. The number of benzene rings is 2. The van der Waals surface area contributed by atoms with Crippen LogP contribution in [0.25, 0.3) is 22.5 Å². The van der Waals surface area contributed by atoms with Crippen molar-refractivity contribution in [2.24, 2.45) is 0 Å². The summed E-state index contributed by atoms with van der Waals surface area (Å²) in [4.78, 5) is 4.34. The van der Waals surface area contributed by atoms with E-state index >= 15 is 0 Å². The van der Waals surface area contributed by atoms with Gasteiger partial charge < -0.3 is 5.73 Å². The normalized spacial score (nSPS) is 10.4. The van der Waals surface area contributed by atoms with Gasteiger partial charge in [-0.1, -0.05) is 58.4 Å². The average Bonchev–Trinajstić information content (AvgIpc) is 2.48. The predicted molar refractivity (Wildman–Crippen MR) is 82.8 cm³/mol. The molecular weight excluding hydrogens is 316 g/mol. The topological polar surface area (TPSA) is 64.7 Å². The minimum Gasteiger partial charge on any atom is -0.366 e. The molecule has 0 spiro atoms. The van der Waals surface area contributed by atoms with Crippen molar-refractivity contribution in [2.45, 2.75) is 0 Å². The Balaban J connectivity index is 2.22. The summed E-state index contributed by atoms with van der Waals surface area (Å²) in [6, 6.07) is 17.7. The van der Waals surface area contributed by atoms with Gasteiger partial charge in [-0.2, -0.15) is 0 Å². The van der Waals surface area contributed by atoms with Gasteiger partial charge in [-0.15, -0.1) is 10.2 Å². The van der Waals surface area contributed by atoms with Crippen LogP contribution >= 0.6 is 15.9 Å². The SMILES string of the molecule is Nc1nnc(-c2cccc(Br)c2)c(-c2ccccc2)n1. The lowest BCUT2D eigenvalue weighted by atomic mass is 10.0. The number of hydrogen-bond acceptors (Lipinski definition) is 4. The molecule has 98 valence electrons. The quantitative estimate of drug-likeness (QED) is 0.782. The van der Waals surface area contributed by atoms with Crippen LogP contribution in [-0.4, -0.2) is 15.2 Å². The molecule has 3 rings (SSSR count). The molecule has 0 amide bonds. The van der Waals surface area contributed by atoms with Gasteiger partial charge in [0.1, 0.15) is 11.4 Å². The predicted octanol–water partition coefficient (Wildman–Crippen LogP) is 3.55.